The number of rotatable bonds is 7. The van der Waals surface area contributed by atoms with Crippen LogP contribution in [0.4, 0.5) is 14.2 Å². The van der Waals surface area contributed by atoms with E-state index in [-0.39, 0.29) is 18.3 Å². The fraction of sp³-hybridized carbons (Fsp3) is 0.409. The Morgan fingerprint density at radius 3 is 2.91 bits per heavy atom. The number of halogens is 1. The summed E-state index contributed by atoms with van der Waals surface area (Å²) in [6.45, 7) is 5.41. The number of hydrogen-bond acceptors (Lipinski definition) is 6. The Kier molecular flexibility index (Phi) is 6.73. The number of anilines is 1. The predicted molar refractivity (Wildman–Crippen MR) is 126 cm³/mol. The van der Waals surface area contributed by atoms with E-state index in [1.165, 1.54) is 39.7 Å². The molecule has 0 saturated carbocycles. The molecule has 1 aromatic carbocycles. The lowest BCUT2D eigenvalue weighted by molar-refractivity contribution is -0.116. The first-order valence-electron chi connectivity index (χ1n) is 10.6. The van der Waals surface area contributed by atoms with E-state index in [0.29, 0.717) is 47.5 Å². The van der Waals surface area contributed by atoms with Crippen LogP contribution in [0.2, 0.25) is 0 Å². The summed E-state index contributed by atoms with van der Waals surface area (Å²) in [5, 5.41) is 17.1. The normalized spacial score (nSPS) is 14.4. The van der Waals surface area contributed by atoms with Gasteiger partial charge in [0.05, 0.1) is 16.8 Å². The molecule has 7 nitrogen and oxygen atoms in total. The first-order chi connectivity index (χ1) is 15.4. The minimum Gasteiger partial charge on any atom is -0.465 e. The van der Waals surface area contributed by atoms with Gasteiger partial charge in [0.25, 0.3) is 0 Å². The van der Waals surface area contributed by atoms with Crippen molar-refractivity contribution < 1.29 is 19.1 Å². The van der Waals surface area contributed by atoms with Gasteiger partial charge in [-0.25, -0.2) is 14.2 Å². The summed E-state index contributed by atoms with van der Waals surface area (Å²) in [6.07, 6.45) is 0.909. The van der Waals surface area contributed by atoms with Crippen LogP contribution < -0.4 is 10.6 Å². The number of carboxylic acid groups (broad SMARTS) is 1. The zero-order valence-corrected chi connectivity index (χ0v) is 19.5. The van der Waals surface area contributed by atoms with Crippen LogP contribution in [0.3, 0.4) is 0 Å². The van der Waals surface area contributed by atoms with Gasteiger partial charge >= 0.3 is 6.09 Å². The Bertz CT molecular complexity index is 1160. The number of carbonyl (C=O) groups is 2. The van der Waals surface area contributed by atoms with Crippen molar-refractivity contribution in [2.45, 2.75) is 45.7 Å². The molecule has 3 N–H and O–H groups in total. The molecule has 2 amide bonds. The molecule has 1 aliphatic rings. The van der Waals surface area contributed by atoms with E-state index in [1.807, 2.05) is 0 Å². The highest BCUT2D eigenvalue weighted by molar-refractivity contribution is 7.22. The molecule has 3 aromatic rings. The van der Waals surface area contributed by atoms with Crippen molar-refractivity contribution >= 4 is 49.9 Å². The minimum atomic E-state index is -0.956. The molecule has 10 heteroatoms. The van der Waals surface area contributed by atoms with E-state index in [1.54, 1.807) is 6.07 Å². The highest BCUT2D eigenvalue weighted by Crippen LogP contribution is 2.45. The van der Waals surface area contributed by atoms with Crippen LogP contribution in [-0.4, -0.2) is 46.1 Å². The molecule has 32 heavy (non-hydrogen) atoms. The first kappa shape index (κ1) is 22.6. The largest absolute Gasteiger partial charge is 0.465 e. The lowest BCUT2D eigenvalue weighted by Gasteiger charge is -2.24. The third kappa shape index (κ3) is 4.77. The standard InChI is InChI=1S/C22H25FN4O3S2/c1-3-12(2)24-8-6-18(28)26-21-19(14-7-9-27(22(29)30)11-17(14)32-21)20-25-15-10-13(23)4-5-16(15)31-20/h4-5,10,12,24H,3,6-9,11H2,1-2H3,(H,26,28)(H,29,30)/t12-/m1/s1. The highest BCUT2D eigenvalue weighted by Gasteiger charge is 2.29. The van der Waals surface area contributed by atoms with Crippen molar-refractivity contribution in [1.82, 2.24) is 15.2 Å². The van der Waals surface area contributed by atoms with Crippen LogP contribution in [0.15, 0.2) is 18.2 Å². The van der Waals surface area contributed by atoms with Crippen LogP contribution in [0, 0.1) is 5.82 Å². The number of nitrogens with one attached hydrogen (secondary N) is 2. The number of hydrogen-bond donors (Lipinski definition) is 3. The molecule has 0 saturated heterocycles. The monoisotopic (exact) mass is 476 g/mol. The Labute approximate surface area is 193 Å². The van der Waals surface area contributed by atoms with Crippen LogP contribution in [-0.2, 0) is 17.8 Å². The van der Waals surface area contributed by atoms with Gasteiger partial charge < -0.3 is 20.6 Å². The summed E-state index contributed by atoms with van der Waals surface area (Å²) in [5.41, 5.74) is 2.42. The zero-order chi connectivity index (χ0) is 22.8. The number of thiazole rings is 1. The SMILES string of the molecule is CC[C@@H](C)NCCC(=O)Nc1sc2c(c1-c1nc3cc(F)ccc3s1)CCN(C(=O)O)C2. The van der Waals surface area contributed by atoms with Crippen LogP contribution in [0.25, 0.3) is 20.8 Å². The van der Waals surface area contributed by atoms with Gasteiger partial charge in [-0.2, -0.15) is 0 Å². The van der Waals surface area contributed by atoms with Gasteiger partial charge in [0.1, 0.15) is 15.8 Å². The summed E-state index contributed by atoms with van der Waals surface area (Å²) < 4.78 is 14.5. The van der Waals surface area contributed by atoms with Crippen molar-refractivity contribution in [3.63, 3.8) is 0 Å². The van der Waals surface area contributed by atoms with E-state index in [2.05, 4.69) is 29.5 Å². The molecule has 0 spiro atoms. The van der Waals surface area contributed by atoms with Gasteiger partial charge in [0, 0.05) is 42.1 Å². The molecule has 0 radical (unpaired) electrons. The molecule has 0 aliphatic carbocycles. The Balaban J connectivity index is 1.65. The second-order valence-corrected chi connectivity index (χ2v) is 9.99. The molecule has 0 unspecified atom stereocenters. The maximum atomic E-state index is 13.7. The second-order valence-electron chi connectivity index (χ2n) is 7.85. The molecular weight excluding hydrogens is 451 g/mol. The van der Waals surface area contributed by atoms with Crippen molar-refractivity contribution in [3.8, 4) is 10.6 Å². The Morgan fingerprint density at radius 1 is 1.34 bits per heavy atom. The van der Waals surface area contributed by atoms with Gasteiger partial charge in [0.2, 0.25) is 5.91 Å². The molecule has 1 atom stereocenters. The first-order valence-corrected chi connectivity index (χ1v) is 12.2. The van der Waals surface area contributed by atoms with Gasteiger partial charge in [0.15, 0.2) is 0 Å². The highest BCUT2D eigenvalue weighted by atomic mass is 32.1. The van der Waals surface area contributed by atoms with E-state index in [9.17, 15) is 19.1 Å². The molecule has 0 fully saturated rings. The predicted octanol–water partition coefficient (Wildman–Crippen LogP) is 4.92. The molecule has 4 rings (SSSR count). The lowest BCUT2D eigenvalue weighted by atomic mass is 10.0. The molecule has 3 heterocycles. The van der Waals surface area contributed by atoms with Crippen molar-refractivity contribution in [2.75, 3.05) is 18.4 Å². The number of aromatic nitrogens is 1. The summed E-state index contributed by atoms with van der Waals surface area (Å²) in [4.78, 5) is 31.0. The third-order valence-corrected chi connectivity index (χ3v) is 7.79. The molecule has 0 bridgehead atoms. The van der Waals surface area contributed by atoms with Crippen LogP contribution in [0.1, 0.15) is 37.1 Å². The Morgan fingerprint density at radius 2 is 2.16 bits per heavy atom. The van der Waals surface area contributed by atoms with E-state index < -0.39 is 6.09 Å². The molecular formula is C22H25FN4O3S2. The number of thiophene rings is 1. The quantitative estimate of drug-likeness (QED) is 0.450. The van der Waals surface area contributed by atoms with Crippen LogP contribution in [0.5, 0.6) is 0 Å². The summed E-state index contributed by atoms with van der Waals surface area (Å²) in [5.74, 6) is -0.455. The van der Waals surface area contributed by atoms with E-state index in [4.69, 9.17) is 0 Å². The van der Waals surface area contributed by atoms with Gasteiger partial charge in [-0.3, -0.25) is 4.79 Å². The number of carbonyl (C=O) groups excluding carboxylic acids is 1. The zero-order valence-electron chi connectivity index (χ0n) is 17.9. The van der Waals surface area contributed by atoms with Crippen molar-refractivity contribution in [2.24, 2.45) is 0 Å². The van der Waals surface area contributed by atoms with Crippen molar-refractivity contribution in [1.29, 1.82) is 0 Å². The minimum absolute atomic E-state index is 0.108. The summed E-state index contributed by atoms with van der Waals surface area (Å²) >= 11 is 2.84. The summed E-state index contributed by atoms with van der Waals surface area (Å²) in [6, 6.07) is 4.86. The average molecular weight is 477 g/mol. The van der Waals surface area contributed by atoms with Gasteiger partial charge in [-0.1, -0.05) is 6.92 Å². The van der Waals surface area contributed by atoms with Crippen molar-refractivity contribution in [3.05, 3.63) is 34.5 Å². The number of benzene rings is 1. The second kappa shape index (κ2) is 9.51. The smallest absolute Gasteiger partial charge is 0.407 e. The maximum absolute atomic E-state index is 13.7. The van der Waals surface area contributed by atoms with Crippen LogP contribution >= 0.6 is 22.7 Å². The molecule has 1 aliphatic heterocycles. The maximum Gasteiger partial charge on any atom is 0.407 e. The van der Waals surface area contributed by atoms with Gasteiger partial charge in [-0.15, -0.1) is 22.7 Å². The molecule has 170 valence electrons. The third-order valence-electron chi connectivity index (χ3n) is 5.60. The summed E-state index contributed by atoms with van der Waals surface area (Å²) in [7, 11) is 0. The lowest BCUT2D eigenvalue weighted by Crippen LogP contribution is -2.34. The Hall–Kier alpha value is -2.56. The van der Waals surface area contributed by atoms with Gasteiger partial charge in [-0.05, 0) is 37.5 Å². The fourth-order valence-corrected chi connectivity index (χ4v) is 6.02. The average Bonchev–Trinajstić information content (AvgIpc) is 3.32. The number of fused-ring (bicyclic) bond motifs is 2. The number of amides is 2. The molecule has 2 aromatic heterocycles. The van der Waals surface area contributed by atoms with E-state index in [0.717, 1.165) is 27.1 Å². The topological polar surface area (TPSA) is 94.6 Å². The fourth-order valence-electron chi connectivity index (χ4n) is 3.65. The van der Waals surface area contributed by atoms with E-state index >= 15 is 0 Å². The number of nitrogens with zero attached hydrogens (tertiary/aromatic N) is 2.